The number of ether oxygens (including phenoxy) is 1. The van der Waals surface area contributed by atoms with Crippen LogP contribution >= 0.6 is 0 Å². The number of likely N-dealkylation sites (N-methyl/N-ethyl adjacent to an activating group) is 2. The van der Waals surface area contributed by atoms with Crippen LogP contribution in [0.2, 0.25) is 0 Å². The Hall–Kier alpha value is -7.68. The van der Waals surface area contributed by atoms with E-state index in [1.165, 1.54) is 35.5 Å². The van der Waals surface area contributed by atoms with E-state index in [1.54, 1.807) is 29.1 Å². The molecule has 0 bridgehead atoms. The molecule has 3 fully saturated rings. The van der Waals surface area contributed by atoms with Crippen LogP contribution in [0.25, 0.3) is 27.9 Å². The van der Waals surface area contributed by atoms with Crippen LogP contribution in [0.5, 0.6) is 5.75 Å². The fourth-order valence-electron chi connectivity index (χ4n) is 8.75. The van der Waals surface area contributed by atoms with Gasteiger partial charge >= 0.3 is 0 Å². The van der Waals surface area contributed by atoms with Crippen LogP contribution in [0.1, 0.15) is 70.4 Å². The number of nitrogens with one attached hydrogen (secondary N) is 2. The number of fused-ring (bicyclic) bond motifs is 2. The van der Waals surface area contributed by atoms with Crippen molar-refractivity contribution in [3.05, 3.63) is 118 Å². The Morgan fingerprint density at radius 1 is 0.943 bits per heavy atom. The number of nitrogen functional groups attached to an aromatic ring is 1. The summed E-state index contributed by atoms with van der Waals surface area (Å²) in [5, 5.41) is 10.6. The molecule has 362 valence electrons. The van der Waals surface area contributed by atoms with Crippen molar-refractivity contribution in [2.45, 2.75) is 57.5 Å². The summed E-state index contributed by atoms with van der Waals surface area (Å²) in [5.74, 6) is -3.00. The predicted octanol–water partition coefficient (Wildman–Crippen LogP) is 6.84. The third kappa shape index (κ3) is 9.15. The van der Waals surface area contributed by atoms with Gasteiger partial charge in [-0.3, -0.25) is 9.59 Å². The van der Waals surface area contributed by atoms with Crippen molar-refractivity contribution in [1.29, 1.82) is 0 Å². The number of piperazine rings is 1. The highest BCUT2D eigenvalue weighted by atomic mass is 19.2. The summed E-state index contributed by atoms with van der Waals surface area (Å²) in [6.45, 7) is 8.62. The molecule has 10 rings (SSSR count). The molecule has 2 saturated carbocycles. The van der Waals surface area contributed by atoms with Crippen molar-refractivity contribution in [3.8, 4) is 17.0 Å². The summed E-state index contributed by atoms with van der Waals surface area (Å²) in [6.07, 6.45) is 7.05. The second-order valence-electron chi connectivity index (χ2n) is 18.2. The van der Waals surface area contributed by atoms with Crippen molar-refractivity contribution >= 4 is 51.9 Å². The van der Waals surface area contributed by atoms with Gasteiger partial charge in [0.1, 0.15) is 41.6 Å². The van der Waals surface area contributed by atoms with Gasteiger partial charge in [-0.2, -0.15) is 19.6 Å². The molecule has 3 aliphatic rings. The van der Waals surface area contributed by atoms with Crippen LogP contribution < -0.4 is 26.0 Å². The number of anilines is 4. The van der Waals surface area contributed by atoms with Crippen LogP contribution in [0.3, 0.4) is 0 Å². The van der Waals surface area contributed by atoms with Crippen LogP contribution in [0.15, 0.2) is 67.1 Å². The number of amides is 2. The fraction of sp³-hybridized carbons (Fsp3) is 0.347. The second kappa shape index (κ2) is 18.7. The monoisotopic (exact) mass is 958 g/mol. The highest BCUT2D eigenvalue weighted by molar-refractivity contribution is 6.05. The maximum atomic E-state index is 15.3. The van der Waals surface area contributed by atoms with Crippen molar-refractivity contribution in [2.24, 2.45) is 0 Å². The number of hydrogen-bond donors (Lipinski definition) is 3. The van der Waals surface area contributed by atoms with Gasteiger partial charge in [0.2, 0.25) is 11.9 Å². The average Bonchev–Trinajstić information content (AvgIpc) is 4.30. The predicted molar refractivity (Wildman–Crippen MR) is 255 cm³/mol. The minimum atomic E-state index is -1.13. The number of hydrogen-bond acceptors (Lipinski definition) is 13. The molecule has 0 radical (unpaired) electrons. The molecule has 0 spiro atoms. The number of carbonyl (C=O) groups excluding carboxylic acids is 2. The van der Waals surface area contributed by atoms with Gasteiger partial charge in [-0.1, -0.05) is 12.6 Å². The standard InChI is InChI=1S/C49H50F4N14O3/c1-26(24-66-38-12-11-35(51)40(53)42(38)60-39(66)23-55-48-62-49(65-15-13-63(3)14-16-65)61-45-34(29-7-8-29)22-58-67(45)48)47(69)64(4)17-18-70-43-41(56-25-57-44(43)54)33-20-31(50)21-37(27(33)2)59-46(68)32-10-9-30(19-36(32)52)28-5-6-28/h9-12,19-22,25,28-29H,1,5-8,13-18,23-24H2,2-4H3,(H,59,68)(H2,54,56,57)(H,55,61,62). The summed E-state index contributed by atoms with van der Waals surface area (Å²) in [6, 6.07) is 9.25. The zero-order valence-electron chi connectivity index (χ0n) is 38.8. The van der Waals surface area contributed by atoms with Gasteiger partial charge in [-0.25, -0.2) is 32.5 Å². The van der Waals surface area contributed by atoms with Crippen LogP contribution in [-0.4, -0.2) is 114 Å². The third-order valence-corrected chi connectivity index (χ3v) is 13.1. The molecule has 17 nitrogen and oxygen atoms in total. The van der Waals surface area contributed by atoms with Gasteiger partial charge in [0.25, 0.3) is 11.8 Å². The normalized spacial score (nSPS) is 15.2. The lowest BCUT2D eigenvalue weighted by Crippen LogP contribution is -2.45. The second-order valence-corrected chi connectivity index (χ2v) is 18.2. The Morgan fingerprint density at radius 3 is 2.46 bits per heavy atom. The van der Waals surface area contributed by atoms with E-state index in [4.69, 9.17) is 20.4 Å². The van der Waals surface area contributed by atoms with Crippen LogP contribution in [0.4, 0.5) is 41.0 Å². The topological polar surface area (TPSA) is 190 Å². The van der Waals surface area contributed by atoms with Crippen LogP contribution in [-0.2, 0) is 17.9 Å². The van der Waals surface area contributed by atoms with Gasteiger partial charge in [-0.05, 0) is 99.0 Å². The number of carbonyl (C=O) groups is 2. The first-order chi connectivity index (χ1) is 33.7. The number of imidazole rings is 1. The number of halogens is 4. The molecule has 21 heteroatoms. The molecule has 5 heterocycles. The van der Waals surface area contributed by atoms with Gasteiger partial charge in [0, 0.05) is 55.6 Å². The molecule has 2 aliphatic carbocycles. The zero-order valence-corrected chi connectivity index (χ0v) is 38.8. The molecular weight excluding hydrogens is 909 g/mol. The lowest BCUT2D eigenvalue weighted by Gasteiger charge is -2.32. The largest absolute Gasteiger partial charge is 0.486 e. The minimum absolute atomic E-state index is 0.00152. The molecule has 70 heavy (non-hydrogen) atoms. The van der Waals surface area contributed by atoms with E-state index in [1.807, 2.05) is 6.20 Å². The average molecular weight is 959 g/mol. The fourth-order valence-corrected chi connectivity index (χ4v) is 8.75. The quantitative estimate of drug-likeness (QED) is 0.0675. The number of rotatable bonds is 16. The highest BCUT2D eigenvalue weighted by Crippen LogP contribution is 2.43. The molecule has 3 aromatic carbocycles. The first-order valence-electron chi connectivity index (χ1n) is 23.1. The number of aromatic nitrogens is 8. The van der Waals surface area contributed by atoms with Gasteiger partial charge in [0.15, 0.2) is 28.8 Å². The first-order valence-corrected chi connectivity index (χ1v) is 23.1. The molecule has 1 aliphatic heterocycles. The maximum Gasteiger partial charge on any atom is 0.258 e. The summed E-state index contributed by atoms with van der Waals surface area (Å²) in [4.78, 5) is 55.6. The Kier molecular flexibility index (Phi) is 12.3. The number of benzene rings is 3. The van der Waals surface area contributed by atoms with Crippen molar-refractivity contribution in [2.75, 3.05) is 74.7 Å². The summed E-state index contributed by atoms with van der Waals surface area (Å²) < 4.78 is 69.5. The summed E-state index contributed by atoms with van der Waals surface area (Å²) >= 11 is 0. The van der Waals surface area contributed by atoms with E-state index in [2.05, 4.69) is 54.1 Å². The van der Waals surface area contributed by atoms with E-state index in [9.17, 15) is 14.0 Å². The Bertz CT molecular complexity index is 3220. The van der Waals surface area contributed by atoms with Crippen LogP contribution in [0, 0.1) is 30.2 Å². The van der Waals surface area contributed by atoms with E-state index in [0.29, 0.717) is 34.9 Å². The number of nitrogens with two attached hydrogens (primary N) is 1. The van der Waals surface area contributed by atoms with Gasteiger partial charge in [-0.15, -0.1) is 0 Å². The number of nitrogens with zero attached hydrogens (tertiary/aromatic N) is 11. The first kappa shape index (κ1) is 46.1. The molecule has 7 aromatic rings. The molecular formula is C49H50F4N14O3. The molecule has 1 saturated heterocycles. The maximum absolute atomic E-state index is 15.3. The van der Waals surface area contributed by atoms with E-state index < -0.39 is 35.1 Å². The van der Waals surface area contributed by atoms with Gasteiger partial charge in [0.05, 0.1) is 36.9 Å². The van der Waals surface area contributed by atoms with Crippen molar-refractivity contribution < 1.29 is 31.9 Å². The van der Waals surface area contributed by atoms with E-state index in [0.717, 1.165) is 75.1 Å². The van der Waals surface area contributed by atoms with Gasteiger partial charge < -0.3 is 40.4 Å². The Balaban J connectivity index is 0.839. The summed E-state index contributed by atoms with van der Waals surface area (Å²) in [5.41, 5.74) is 9.60. The van der Waals surface area contributed by atoms with E-state index in [-0.39, 0.29) is 82.7 Å². The molecule has 4 N–H and O–H groups in total. The molecule has 4 aromatic heterocycles. The Morgan fingerprint density at radius 2 is 1.71 bits per heavy atom. The lowest BCUT2D eigenvalue weighted by atomic mass is 10.0. The highest BCUT2D eigenvalue weighted by Gasteiger charge is 2.31. The zero-order chi connectivity index (χ0) is 49.0. The smallest absolute Gasteiger partial charge is 0.258 e. The summed E-state index contributed by atoms with van der Waals surface area (Å²) in [7, 11) is 3.61. The molecule has 0 unspecified atom stereocenters. The van der Waals surface area contributed by atoms with Crippen molar-refractivity contribution in [3.63, 3.8) is 0 Å². The van der Waals surface area contributed by atoms with Crippen molar-refractivity contribution in [1.82, 2.24) is 48.9 Å². The minimum Gasteiger partial charge on any atom is -0.486 e. The lowest BCUT2D eigenvalue weighted by molar-refractivity contribution is -0.126. The van der Waals surface area contributed by atoms with E-state index >= 15 is 13.2 Å². The third-order valence-electron chi connectivity index (χ3n) is 13.1. The molecule has 0 atom stereocenters. The molecule has 2 amide bonds. The Labute approximate surface area is 399 Å². The SMILES string of the molecule is C=C(Cn1c(CNc2nc(N3CCN(C)CC3)nc3c(C4CC4)cnn23)nc2c(F)c(F)ccc21)C(=O)N(C)CCOc1c(N)ncnc1-c1cc(F)cc(NC(=O)c2ccc(C3CC3)cc2F)c1C.